The van der Waals surface area contributed by atoms with Gasteiger partial charge in [-0.15, -0.1) is 0 Å². The summed E-state index contributed by atoms with van der Waals surface area (Å²) in [4.78, 5) is 17.6. The van der Waals surface area contributed by atoms with Crippen molar-refractivity contribution < 1.29 is 13.2 Å². The van der Waals surface area contributed by atoms with Gasteiger partial charge in [-0.25, -0.2) is 8.42 Å². The Bertz CT molecular complexity index is 1650. The lowest BCUT2D eigenvalue weighted by Gasteiger charge is -2.48. The molecule has 3 aromatic rings. The van der Waals surface area contributed by atoms with Crippen LogP contribution in [-0.4, -0.2) is 67.8 Å². The monoisotopic (exact) mass is 626 g/mol. The van der Waals surface area contributed by atoms with Gasteiger partial charge in [-0.2, -0.15) is 10.4 Å². The average molecular weight is 627 g/mol. The number of aryl methyl sites for hydroxylation is 1. The minimum atomic E-state index is -3.58. The molecule has 1 aliphatic carbocycles. The van der Waals surface area contributed by atoms with Gasteiger partial charge in [0, 0.05) is 56.4 Å². The molecule has 9 nitrogen and oxygen atoms in total. The quantitative estimate of drug-likeness (QED) is 0.334. The fourth-order valence-electron chi connectivity index (χ4n) is 7.97. The molecule has 236 valence electrons. The normalized spacial score (nSPS) is 22.7. The zero-order valence-electron chi connectivity index (χ0n) is 25.9. The third-order valence-corrected chi connectivity index (χ3v) is 12.0. The molecule has 6 rings (SSSR count). The summed E-state index contributed by atoms with van der Waals surface area (Å²) in [6.07, 6.45) is 8.94. The van der Waals surface area contributed by atoms with Crippen LogP contribution in [0.2, 0.25) is 0 Å². The van der Waals surface area contributed by atoms with E-state index in [9.17, 15) is 18.5 Å². The van der Waals surface area contributed by atoms with Gasteiger partial charge in [0.25, 0.3) is 0 Å². The van der Waals surface area contributed by atoms with Gasteiger partial charge in [0.15, 0.2) is 0 Å². The van der Waals surface area contributed by atoms with Crippen molar-refractivity contribution in [3.05, 3.63) is 85.2 Å². The number of benzene rings is 2. The van der Waals surface area contributed by atoms with E-state index in [-0.39, 0.29) is 33.6 Å². The summed E-state index contributed by atoms with van der Waals surface area (Å²) >= 11 is 0. The molecule has 3 fully saturated rings. The van der Waals surface area contributed by atoms with Crippen molar-refractivity contribution in [1.29, 1.82) is 5.26 Å². The van der Waals surface area contributed by atoms with Gasteiger partial charge in [0.2, 0.25) is 15.7 Å². The van der Waals surface area contributed by atoms with Crippen LogP contribution in [0, 0.1) is 29.1 Å². The molecule has 0 unspecified atom stereocenters. The number of nitrogens with one attached hydrogen (secondary N) is 1. The van der Waals surface area contributed by atoms with Gasteiger partial charge in [-0.05, 0) is 80.6 Å². The Labute approximate surface area is 266 Å². The summed E-state index contributed by atoms with van der Waals surface area (Å²) in [6.45, 7) is 8.44. The van der Waals surface area contributed by atoms with Crippen molar-refractivity contribution in [3.63, 3.8) is 0 Å². The summed E-state index contributed by atoms with van der Waals surface area (Å²) in [7, 11) is -1.88. The molecule has 1 amide bonds. The molecule has 1 aromatic heterocycles. The first-order valence-corrected chi connectivity index (χ1v) is 17.4. The lowest BCUT2D eigenvalue weighted by molar-refractivity contribution is -0.117. The summed E-state index contributed by atoms with van der Waals surface area (Å²) in [5.41, 5.74) is 1.46. The van der Waals surface area contributed by atoms with Crippen molar-refractivity contribution in [2.24, 2.45) is 24.8 Å². The number of rotatable bonds is 10. The minimum Gasteiger partial charge on any atom is -0.371 e. The van der Waals surface area contributed by atoms with Crippen LogP contribution in [0.5, 0.6) is 0 Å². The van der Waals surface area contributed by atoms with Crippen molar-refractivity contribution >= 4 is 21.4 Å². The Kier molecular flexibility index (Phi) is 8.85. The molecular formula is C35H42N6O3S. The summed E-state index contributed by atoms with van der Waals surface area (Å²) in [5.74, 6) is 0.661. The molecule has 3 atom stereocenters. The van der Waals surface area contributed by atoms with Crippen LogP contribution in [0.1, 0.15) is 37.7 Å². The largest absolute Gasteiger partial charge is 0.371 e. The molecule has 10 heteroatoms. The van der Waals surface area contributed by atoms with Gasteiger partial charge in [0.05, 0.1) is 22.6 Å². The van der Waals surface area contributed by atoms with Crippen molar-refractivity contribution in [1.82, 2.24) is 20.0 Å². The summed E-state index contributed by atoms with van der Waals surface area (Å²) < 4.78 is 27.3. The predicted molar refractivity (Wildman–Crippen MR) is 173 cm³/mol. The molecule has 3 aliphatic rings. The molecule has 0 radical (unpaired) electrons. The smallest absolute Gasteiger partial charge is 0.243 e. The first kappa shape index (κ1) is 31.1. The van der Waals surface area contributed by atoms with E-state index in [1.807, 2.05) is 30.3 Å². The first-order chi connectivity index (χ1) is 21.7. The second-order valence-corrected chi connectivity index (χ2v) is 14.8. The highest BCUT2D eigenvalue weighted by Crippen LogP contribution is 2.50. The number of likely N-dealkylation sites (tertiary alicyclic amines) is 1. The molecule has 1 N–H and O–H groups in total. The minimum absolute atomic E-state index is 0.0288. The van der Waals surface area contributed by atoms with Crippen molar-refractivity contribution in [2.75, 3.05) is 37.6 Å². The number of hydrogen-bond donors (Lipinski definition) is 1. The Morgan fingerprint density at radius 1 is 1.07 bits per heavy atom. The third-order valence-electron chi connectivity index (χ3n) is 10.3. The number of hydrogen-bond acceptors (Lipinski definition) is 7. The number of nitriles is 1. The van der Waals surface area contributed by atoms with Crippen LogP contribution in [-0.2, 0) is 27.1 Å². The van der Waals surface area contributed by atoms with Gasteiger partial charge in [0.1, 0.15) is 4.90 Å². The van der Waals surface area contributed by atoms with E-state index in [1.54, 1.807) is 19.2 Å². The van der Waals surface area contributed by atoms with Crippen molar-refractivity contribution in [3.8, 4) is 6.07 Å². The number of carbonyl (C=O) groups is 1. The Balaban J connectivity index is 1.07. The second-order valence-electron chi connectivity index (χ2n) is 12.9. The molecule has 1 saturated carbocycles. The second kappa shape index (κ2) is 12.8. The molecule has 45 heavy (non-hydrogen) atoms. The number of piperidine rings is 1. The maximum atomic E-state index is 12.9. The maximum Gasteiger partial charge on any atom is 0.243 e. The van der Waals surface area contributed by atoms with Gasteiger partial charge in [-0.3, -0.25) is 9.48 Å². The van der Waals surface area contributed by atoms with E-state index < -0.39 is 15.3 Å². The van der Waals surface area contributed by atoms with Crippen LogP contribution in [0.15, 0.2) is 89.4 Å². The van der Waals surface area contributed by atoms with Gasteiger partial charge in [-0.1, -0.05) is 43.3 Å². The number of aromatic nitrogens is 2. The van der Waals surface area contributed by atoms with Crippen LogP contribution < -0.4 is 10.2 Å². The maximum absolute atomic E-state index is 12.9. The molecule has 2 aliphatic heterocycles. The highest BCUT2D eigenvalue weighted by Gasteiger charge is 2.52. The van der Waals surface area contributed by atoms with Crippen molar-refractivity contribution in [2.45, 2.75) is 53.4 Å². The van der Waals surface area contributed by atoms with E-state index in [0.29, 0.717) is 5.92 Å². The zero-order chi connectivity index (χ0) is 31.6. The van der Waals surface area contributed by atoms with Crippen LogP contribution >= 0.6 is 0 Å². The molecule has 2 saturated heterocycles. The molecule has 3 heterocycles. The topological polar surface area (TPSA) is 111 Å². The summed E-state index contributed by atoms with van der Waals surface area (Å²) in [5, 5.41) is 18.1. The molecular weight excluding hydrogens is 584 g/mol. The van der Waals surface area contributed by atoms with E-state index in [2.05, 4.69) is 45.0 Å². The average Bonchev–Trinajstić information content (AvgIpc) is 3.70. The lowest BCUT2D eigenvalue weighted by Crippen LogP contribution is -2.55. The molecule has 0 spiro atoms. The molecule has 2 aromatic carbocycles. The third kappa shape index (κ3) is 6.03. The lowest BCUT2D eigenvalue weighted by atomic mass is 9.59. The number of amides is 1. The number of anilines is 1. The van der Waals surface area contributed by atoms with E-state index in [0.717, 1.165) is 76.1 Å². The summed E-state index contributed by atoms with van der Waals surface area (Å²) in [6, 6.07) is 20.2. The fraction of sp³-hybridized carbons (Fsp3) is 0.457. The number of sulfone groups is 1. The SMILES string of the molecule is C=CC(=O)N[C@@H]1CCC[C@H]1[C@](C#N)(c1ccccc1)C1CCN(CC2CN(c3ccc(S(=O)(=O)c4cnn(C)c4)cc3)C2)CC1. The highest BCUT2D eigenvalue weighted by molar-refractivity contribution is 7.91. The van der Waals surface area contributed by atoms with Crippen LogP contribution in [0.4, 0.5) is 5.69 Å². The Morgan fingerprint density at radius 3 is 2.40 bits per heavy atom. The Hall–Kier alpha value is -3.94. The Morgan fingerprint density at radius 2 is 1.78 bits per heavy atom. The van der Waals surface area contributed by atoms with Crippen LogP contribution in [0.25, 0.3) is 0 Å². The standard InChI is InChI=1S/C35H42N6O3S/c1-3-34(42)38-33-11-7-10-32(33)35(25-36,27-8-5-4-6-9-27)28-16-18-40(19-17-28)21-26-22-41(23-26)29-12-14-30(15-13-29)45(43,44)31-20-37-39(2)24-31/h3-6,8-9,12-15,20,24,26,28,32-33H,1,7,10-11,16-19,21-23H2,2H3,(H,38,42)/t32-,33-,35-/m1/s1. The van der Waals surface area contributed by atoms with E-state index in [1.165, 1.54) is 23.2 Å². The fourth-order valence-corrected chi connectivity index (χ4v) is 9.21. The van der Waals surface area contributed by atoms with E-state index >= 15 is 0 Å². The molecule has 0 bridgehead atoms. The van der Waals surface area contributed by atoms with E-state index in [4.69, 9.17) is 0 Å². The first-order valence-electron chi connectivity index (χ1n) is 16.0. The van der Waals surface area contributed by atoms with Crippen LogP contribution in [0.3, 0.4) is 0 Å². The highest BCUT2D eigenvalue weighted by atomic mass is 32.2. The number of nitrogens with zero attached hydrogens (tertiary/aromatic N) is 5. The van der Waals surface area contributed by atoms with Gasteiger partial charge < -0.3 is 15.1 Å². The van der Waals surface area contributed by atoms with Gasteiger partial charge >= 0.3 is 0 Å². The zero-order valence-corrected chi connectivity index (χ0v) is 26.7. The number of carbonyl (C=O) groups excluding carboxylic acids is 1. The predicted octanol–water partition coefficient (Wildman–Crippen LogP) is 4.33.